The number of unbranched alkanes of at least 4 members (excludes halogenated alkanes) is 2. The zero-order valence-electron chi connectivity index (χ0n) is 8.94. The molecule has 1 heterocycles. The number of amides is 2. The Kier molecular flexibility index (Phi) is 5.11. The average molecular weight is 231 g/mol. The summed E-state index contributed by atoms with van der Waals surface area (Å²) in [6, 6.07) is 0. The van der Waals surface area contributed by atoms with Crippen molar-refractivity contribution in [2.75, 3.05) is 19.4 Å². The Bertz CT molecular complexity index is 245. The number of nitrogens with zero attached hydrogens (tertiary/aromatic N) is 1. The highest BCUT2D eigenvalue weighted by Gasteiger charge is 2.37. The van der Waals surface area contributed by atoms with Gasteiger partial charge in [-0.05, 0) is 25.5 Å². The van der Waals surface area contributed by atoms with Crippen LogP contribution in [0.15, 0.2) is 0 Å². The maximum Gasteiger partial charge on any atom is 0.242 e. The van der Waals surface area contributed by atoms with E-state index >= 15 is 0 Å². The largest absolute Gasteiger partial charge is 0.396 e. The number of hydrogen-bond acceptors (Lipinski definition) is 4. The minimum absolute atomic E-state index is 0.0449. The number of imide groups is 1. The lowest BCUT2D eigenvalue weighted by atomic mass is 10.2. The van der Waals surface area contributed by atoms with Crippen LogP contribution in [0.5, 0.6) is 0 Å². The molecule has 1 rings (SSSR count). The first-order chi connectivity index (χ1) is 7.20. The smallest absolute Gasteiger partial charge is 0.242 e. The summed E-state index contributed by atoms with van der Waals surface area (Å²) >= 11 is 1.44. The van der Waals surface area contributed by atoms with Crippen LogP contribution >= 0.6 is 11.8 Å². The van der Waals surface area contributed by atoms with E-state index in [0.717, 1.165) is 19.3 Å². The predicted molar refractivity (Wildman–Crippen MR) is 59.6 cm³/mol. The normalized spacial score (nSPS) is 21.5. The summed E-state index contributed by atoms with van der Waals surface area (Å²) in [5, 5.41) is 8.42. The van der Waals surface area contributed by atoms with Crippen molar-refractivity contribution < 1.29 is 14.7 Å². The van der Waals surface area contributed by atoms with E-state index in [2.05, 4.69) is 0 Å². The van der Waals surface area contributed by atoms with Gasteiger partial charge >= 0.3 is 0 Å². The quantitative estimate of drug-likeness (QED) is 0.538. The Hall–Kier alpha value is -0.550. The van der Waals surface area contributed by atoms with Gasteiger partial charge in [-0.15, -0.1) is 0 Å². The van der Waals surface area contributed by atoms with Crippen LogP contribution in [0.3, 0.4) is 0 Å². The van der Waals surface area contributed by atoms with Gasteiger partial charge in [0, 0.05) is 19.6 Å². The maximum atomic E-state index is 11.6. The molecule has 1 aliphatic rings. The highest BCUT2D eigenvalue weighted by molar-refractivity contribution is 8.00. The third-order valence-corrected chi connectivity index (χ3v) is 3.46. The number of aliphatic hydroxyl groups excluding tert-OH is 1. The fraction of sp³-hybridized carbons (Fsp3) is 0.800. The van der Waals surface area contributed by atoms with E-state index in [1.54, 1.807) is 0 Å². The molecule has 0 saturated carbocycles. The molecule has 0 aromatic rings. The van der Waals surface area contributed by atoms with Crippen LogP contribution in [0.25, 0.3) is 0 Å². The van der Waals surface area contributed by atoms with E-state index in [1.165, 1.54) is 16.7 Å². The molecule has 1 saturated heterocycles. The summed E-state index contributed by atoms with van der Waals surface area (Å²) in [5.41, 5.74) is 0. The zero-order valence-corrected chi connectivity index (χ0v) is 9.76. The molecule has 86 valence electrons. The van der Waals surface area contributed by atoms with Crippen molar-refractivity contribution >= 4 is 23.6 Å². The summed E-state index contributed by atoms with van der Waals surface area (Å²) in [4.78, 5) is 24.5. The standard InChI is InChI=1S/C10H17NO3S/c1-15-8-7-9(13)11(10(8)14)5-3-2-4-6-12/h8,12H,2-7H2,1H3. The summed E-state index contributed by atoms with van der Waals surface area (Å²) < 4.78 is 0. The van der Waals surface area contributed by atoms with Gasteiger partial charge in [-0.2, -0.15) is 11.8 Å². The Morgan fingerprint density at radius 2 is 2.13 bits per heavy atom. The average Bonchev–Trinajstić information content (AvgIpc) is 2.50. The van der Waals surface area contributed by atoms with Crippen LogP contribution in [0.1, 0.15) is 25.7 Å². The van der Waals surface area contributed by atoms with Crippen molar-refractivity contribution in [3.05, 3.63) is 0 Å². The van der Waals surface area contributed by atoms with E-state index < -0.39 is 0 Å². The van der Waals surface area contributed by atoms with Gasteiger partial charge in [0.1, 0.15) is 0 Å². The van der Waals surface area contributed by atoms with Crippen molar-refractivity contribution in [2.45, 2.75) is 30.9 Å². The van der Waals surface area contributed by atoms with Crippen molar-refractivity contribution in [2.24, 2.45) is 0 Å². The first kappa shape index (κ1) is 12.5. The lowest BCUT2D eigenvalue weighted by Gasteiger charge is -2.13. The third-order valence-electron chi connectivity index (χ3n) is 2.53. The number of thioether (sulfide) groups is 1. The lowest BCUT2D eigenvalue weighted by molar-refractivity contribution is -0.138. The lowest BCUT2D eigenvalue weighted by Crippen LogP contribution is -2.32. The Labute approximate surface area is 94.0 Å². The molecule has 0 aliphatic carbocycles. The molecular formula is C10H17NO3S. The van der Waals surface area contributed by atoms with Crippen molar-refractivity contribution in [1.29, 1.82) is 0 Å². The molecule has 15 heavy (non-hydrogen) atoms. The highest BCUT2D eigenvalue weighted by Crippen LogP contribution is 2.23. The first-order valence-corrected chi connectivity index (χ1v) is 6.47. The number of rotatable bonds is 6. The molecule has 4 nitrogen and oxygen atoms in total. The van der Waals surface area contributed by atoms with Gasteiger partial charge < -0.3 is 5.11 Å². The molecule has 2 amide bonds. The molecule has 0 aromatic heterocycles. The molecule has 0 bridgehead atoms. The topological polar surface area (TPSA) is 57.6 Å². The highest BCUT2D eigenvalue weighted by atomic mass is 32.2. The molecule has 1 fully saturated rings. The van der Waals surface area contributed by atoms with Gasteiger partial charge in [0.15, 0.2) is 0 Å². The van der Waals surface area contributed by atoms with Gasteiger partial charge in [0.2, 0.25) is 11.8 Å². The second-order valence-electron chi connectivity index (χ2n) is 3.60. The van der Waals surface area contributed by atoms with Crippen molar-refractivity contribution in [3.8, 4) is 0 Å². The molecule has 0 radical (unpaired) electrons. The van der Waals surface area contributed by atoms with Crippen LogP contribution in [0, 0.1) is 0 Å². The number of carbonyl (C=O) groups excluding carboxylic acids is 2. The third kappa shape index (κ3) is 3.21. The van der Waals surface area contributed by atoms with Crippen LogP contribution in [-0.4, -0.2) is 46.5 Å². The SMILES string of the molecule is CSC1CC(=O)N(CCCCCO)C1=O. The molecular weight excluding hydrogens is 214 g/mol. The van der Waals surface area contributed by atoms with Gasteiger partial charge in [0.25, 0.3) is 0 Å². The number of aliphatic hydroxyl groups is 1. The second kappa shape index (κ2) is 6.12. The zero-order chi connectivity index (χ0) is 11.3. The van der Waals surface area contributed by atoms with Crippen LogP contribution in [0.4, 0.5) is 0 Å². The molecule has 1 aliphatic heterocycles. The molecule has 1 N–H and O–H groups in total. The van der Waals surface area contributed by atoms with Crippen LogP contribution < -0.4 is 0 Å². The summed E-state index contributed by atoms with van der Waals surface area (Å²) in [6.07, 6.45) is 4.59. The van der Waals surface area contributed by atoms with E-state index in [1.807, 2.05) is 6.26 Å². The van der Waals surface area contributed by atoms with Crippen LogP contribution in [0.2, 0.25) is 0 Å². The molecule has 0 aromatic carbocycles. The Morgan fingerprint density at radius 3 is 2.67 bits per heavy atom. The molecule has 1 unspecified atom stereocenters. The van der Waals surface area contributed by atoms with Gasteiger partial charge in [0.05, 0.1) is 5.25 Å². The van der Waals surface area contributed by atoms with Crippen LogP contribution in [-0.2, 0) is 9.59 Å². The number of likely N-dealkylation sites (tertiary alicyclic amines) is 1. The number of hydrogen-bond donors (Lipinski definition) is 1. The number of carbonyl (C=O) groups is 2. The Balaban J connectivity index is 2.34. The monoisotopic (exact) mass is 231 g/mol. The predicted octanol–water partition coefficient (Wildman–Crippen LogP) is 0.639. The van der Waals surface area contributed by atoms with Gasteiger partial charge in [-0.1, -0.05) is 0 Å². The summed E-state index contributed by atoms with van der Waals surface area (Å²) in [7, 11) is 0. The maximum absolute atomic E-state index is 11.6. The van der Waals surface area contributed by atoms with Gasteiger partial charge in [-0.25, -0.2) is 0 Å². The minimum atomic E-state index is -0.171. The van der Waals surface area contributed by atoms with E-state index in [9.17, 15) is 9.59 Å². The van der Waals surface area contributed by atoms with E-state index in [0.29, 0.717) is 13.0 Å². The fourth-order valence-electron chi connectivity index (χ4n) is 1.63. The summed E-state index contributed by atoms with van der Waals surface area (Å²) in [5.74, 6) is -0.0974. The molecule has 1 atom stereocenters. The first-order valence-electron chi connectivity index (χ1n) is 5.18. The minimum Gasteiger partial charge on any atom is -0.396 e. The Morgan fingerprint density at radius 1 is 1.40 bits per heavy atom. The summed E-state index contributed by atoms with van der Waals surface area (Å²) in [6.45, 7) is 0.685. The van der Waals surface area contributed by atoms with Gasteiger partial charge in [-0.3, -0.25) is 14.5 Å². The molecule has 0 spiro atoms. The van der Waals surface area contributed by atoms with E-state index in [-0.39, 0.29) is 23.7 Å². The second-order valence-corrected chi connectivity index (χ2v) is 4.64. The van der Waals surface area contributed by atoms with Crippen molar-refractivity contribution in [1.82, 2.24) is 4.90 Å². The van der Waals surface area contributed by atoms with Crippen molar-refractivity contribution in [3.63, 3.8) is 0 Å². The van der Waals surface area contributed by atoms with E-state index in [4.69, 9.17) is 5.11 Å². The fourth-order valence-corrected chi connectivity index (χ4v) is 2.27. The molecule has 5 heteroatoms.